The number of carbonyl (C=O) groups excluding carboxylic acids is 4. The molecule has 0 aromatic carbocycles. The first kappa shape index (κ1) is 53.0. The van der Waals surface area contributed by atoms with E-state index in [1.165, 1.54) is 0 Å². The molecule has 8 bridgehead atoms. The number of halogens is 4. The van der Waals surface area contributed by atoms with Gasteiger partial charge in [-0.05, 0) is 181 Å². The Labute approximate surface area is 452 Å². The lowest BCUT2D eigenvalue weighted by Gasteiger charge is -2.59. The first-order valence-corrected chi connectivity index (χ1v) is 30.6. The van der Waals surface area contributed by atoms with Gasteiger partial charge in [-0.15, -0.1) is 23.5 Å². The van der Waals surface area contributed by atoms with Crippen molar-refractivity contribution < 1.29 is 51.0 Å². The van der Waals surface area contributed by atoms with Crippen molar-refractivity contribution in [3.8, 4) is 0 Å². The number of pyridine rings is 2. The van der Waals surface area contributed by atoms with Gasteiger partial charge >= 0.3 is 25.2 Å². The number of hydrogen-bond acceptors (Lipinski definition) is 13. The predicted molar refractivity (Wildman–Crippen MR) is 280 cm³/mol. The second kappa shape index (κ2) is 22.1. The van der Waals surface area contributed by atoms with E-state index >= 15 is 0 Å². The number of nitrogens with zero attached hydrogens (tertiary/aromatic N) is 4. The average Bonchev–Trinajstić information content (AvgIpc) is 4.20. The number of carbonyl (C=O) groups is 4. The Bertz CT molecular complexity index is 2460. The van der Waals surface area contributed by atoms with Gasteiger partial charge in [-0.25, -0.2) is 9.97 Å². The van der Waals surface area contributed by atoms with Crippen molar-refractivity contribution in [2.24, 2.45) is 47.3 Å². The van der Waals surface area contributed by atoms with E-state index in [4.69, 9.17) is 24.2 Å². The molecule has 414 valence electrons. The highest BCUT2D eigenvalue weighted by Gasteiger charge is 2.59. The lowest BCUT2D eigenvalue weighted by atomic mass is 9.52. The molecule has 0 radical (unpaired) electrons. The summed E-state index contributed by atoms with van der Waals surface area (Å²) in [7, 11) is 0. The molecule has 6 atom stereocenters. The van der Waals surface area contributed by atoms with E-state index in [9.17, 15) is 36.7 Å². The molecule has 19 heteroatoms. The van der Waals surface area contributed by atoms with Crippen molar-refractivity contribution in [2.75, 3.05) is 36.0 Å². The van der Waals surface area contributed by atoms with E-state index in [-0.39, 0.29) is 72.2 Å². The maximum Gasteiger partial charge on any atom is 0.345 e. The van der Waals surface area contributed by atoms with Crippen LogP contribution in [-0.2, 0) is 23.8 Å². The monoisotopic (exact) mass is 1090 g/mol. The number of alkyl halides is 4. The topological polar surface area (TPSA) is 152 Å². The fraction of sp³-hybridized carbons (Fsp3) is 0.754. The molecule has 2 aromatic heterocycles. The number of ether oxygens (including phenoxy) is 3. The summed E-state index contributed by atoms with van der Waals surface area (Å²) in [5, 5.41) is 8.87. The molecule has 2 aliphatic heterocycles. The molecule has 13 nitrogen and oxygen atoms in total. The predicted octanol–water partition coefficient (Wildman–Crippen LogP) is 11.0. The van der Waals surface area contributed by atoms with E-state index in [2.05, 4.69) is 20.4 Å². The smallest absolute Gasteiger partial charge is 0.345 e. The van der Waals surface area contributed by atoms with Crippen molar-refractivity contribution in [2.45, 2.75) is 205 Å². The van der Waals surface area contributed by atoms with E-state index in [0.717, 1.165) is 114 Å². The number of hydrogen-bond donors (Lipinski definition) is 2. The third-order valence-electron chi connectivity index (χ3n) is 19.6. The summed E-state index contributed by atoms with van der Waals surface area (Å²) >= 11 is 3.34. The van der Waals surface area contributed by atoms with Gasteiger partial charge in [0.2, 0.25) is 0 Å². The molecule has 4 unspecified atom stereocenters. The number of aromatic nitrogens is 2. The Morgan fingerprint density at radius 2 is 0.987 bits per heavy atom. The molecule has 12 fully saturated rings. The summed E-state index contributed by atoms with van der Waals surface area (Å²) in [6.45, 7) is -3.03. The number of rotatable bonds is 18. The molecule has 14 rings (SSSR count). The molecular formula is C57H74F4N6O7S2. The second-order valence-electron chi connectivity index (χ2n) is 25.0. The van der Waals surface area contributed by atoms with Crippen molar-refractivity contribution in [1.82, 2.24) is 20.6 Å². The first-order chi connectivity index (χ1) is 36.7. The minimum Gasteiger partial charge on any atom is -0.393 e. The van der Waals surface area contributed by atoms with Crippen molar-refractivity contribution >= 4 is 58.9 Å². The van der Waals surface area contributed by atoms with Gasteiger partial charge in [0.1, 0.15) is 21.7 Å². The summed E-state index contributed by atoms with van der Waals surface area (Å²) in [4.78, 5) is 69.6. The van der Waals surface area contributed by atoms with E-state index in [0.29, 0.717) is 102 Å². The van der Waals surface area contributed by atoms with Crippen molar-refractivity contribution in [1.29, 1.82) is 0 Å². The normalized spacial score (nSPS) is 34.8. The summed E-state index contributed by atoms with van der Waals surface area (Å²) < 4.78 is 69.9. The molecular weight excluding hydrogens is 1020 g/mol. The van der Waals surface area contributed by atoms with Crippen molar-refractivity contribution in [3.63, 3.8) is 0 Å². The highest BCUT2D eigenvalue weighted by Crippen LogP contribution is 2.59. The standard InChI is InChI=1S/C57H74F4N6O7S2/c58-54(59)73-56-24-34-18-36(26-56)48(37(19-34)27-56)64-50(70)42-11-13-44(62-52(42)75-40-7-1-2-8-40)66-16-5-6-32(30-66)22-46(68)72-47(69)23-33-15-17-67(31-33)45-14-12-43(53(63-45)76-41-9-3-4-10-41)51(71)65-49-38-20-35-21-39(49)29-57(25-35,28-38)74-55(60)61/h11-14,32-41,48-49,54-55H,1-10,15-31H2,(H,64,70)(H,65,71)/t32-,33-,34?,35?,36?,37?,38?,39?,48?,49?,56?,57?/m0/s1. The van der Waals surface area contributed by atoms with Crippen molar-refractivity contribution in [3.05, 3.63) is 35.4 Å². The van der Waals surface area contributed by atoms with Crippen LogP contribution in [0.3, 0.4) is 0 Å². The van der Waals surface area contributed by atoms with Gasteiger partial charge < -0.3 is 34.6 Å². The van der Waals surface area contributed by atoms with Gasteiger partial charge in [0, 0.05) is 48.8 Å². The van der Waals surface area contributed by atoms with Crippen LogP contribution in [0.25, 0.3) is 0 Å². The molecule has 2 aromatic rings. The van der Waals surface area contributed by atoms with Crippen LogP contribution in [0.4, 0.5) is 29.2 Å². The van der Waals surface area contributed by atoms with Crippen LogP contribution >= 0.6 is 23.5 Å². The number of esters is 2. The minimum atomic E-state index is -2.80. The zero-order valence-electron chi connectivity index (χ0n) is 43.5. The highest BCUT2D eigenvalue weighted by molar-refractivity contribution is 8.00. The molecule has 10 saturated carbocycles. The Hall–Kier alpha value is -3.68. The van der Waals surface area contributed by atoms with Crippen LogP contribution in [0.2, 0.25) is 0 Å². The summed E-state index contributed by atoms with van der Waals surface area (Å²) in [6.07, 6.45) is 18.7. The Kier molecular flexibility index (Phi) is 15.4. The summed E-state index contributed by atoms with van der Waals surface area (Å²) in [5.74, 6) is 1.20. The van der Waals surface area contributed by atoms with Crippen LogP contribution in [0.15, 0.2) is 34.3 Å². The lowest BCUT2D eigenvalue weighted by Crippen LogP contribution is -2.62. The van der Waals surface area contributed by atoms with E-state index in [1.54, 1.807) is 23.5 Å². The number of anilines is 2. The van der Waals surface area contributed by atoms with Crippen LogP contribution < -0.4 is 20.4 Å². The largest absolute Gasteiger partial charge is 0.393 e. The Balaban J connectivity index is 0.641. The molecule has 4 heterocycles. The molecule has 2 N–H and O–H groups in total. The zero-order valence-corrected chi connectivity index (χ0v) is 45.1. The summed E-state index contributed by atoms with van der Waals surface area (Å²) in [5.41, 5.74) is -0.474. The Morgan fingerprint density at radius 1 is 0.566 bits per heavy atom. The van der Waals surface area contributed by atoms with Gasteiger partial charge in [0.15, 0.2) is 0 Å². The van der Waals surface area contributed by atoms with Crippen LogP contribution in [0.5, 0.6) is 0 Å². The van der Waals surface area contributed by atoms with Crippen LogP contribution in [0.1, 0.15) is 168 Å². The third-order valence-corrected chi connectivity index (χ3v) is 22.3. The van der Waals surface area contributed by atoms with Gasteiger partial charge in [-0.3, -0.25) is 19.2 Å². The average molecular weight is 1100 g/mol. The first-order valence-electron chi connectivity index (χ1n) is 28.8. The molecule has 0 spiro atoms. The number of amides is 2. The number of piperidine rings is 1. The fourth-order valence-electron chi connectivity index (χ4n) is 16.9. The second-order valence-corrected chi connectivity index (χ2v) is 27.5. The van der Waals surface area contributed by atoms with Gasteiger partial charge in [-0.2, -0.15) is 17.6 Å². The highest BCUT2D eigenvalue weighted by atomic mass is 32.2. The molecule has 76 heavy (non-hydrogen) atoms. The lowest BCUT2D eigenvalue weighted by molar-refractivity contribution is -0.260. The maximum absolute atomic E-state index is 14.2. The maximum atomic E-state index is 14.2. The zero-order chi connectivity index (χ0) is 52.3. The number of thioether (sulfide) groups is 2. The van der Waals surface area contributed by atoms with Gasteiger partial charge in [-0.1, -0.05) is 25.7 Å². The quantitative estimate of drug-likeness (QED) is 0.0828. The van der Waals surface area contributed by atoms with Crippen LogP contribution in [-0.4, -0.2) is 107 Å². The van der Waals surface area contributed by atoms with E-state index in [1.807, 2.05) is 24.3 Å². The molecule has 2 saturated heterocycles. The van der Waals surface area contributed by atoms with E-state index < -0.39 is 36.4 Å². The fourth-order valence-corrected chi connectivity index (χ4v) is 19.5. The molecule has 10 aliphatic carbocycles. The van der Waals surface area contributed by atoms with Crippen LogP contribution in [0, 0.1) is 47.3 Å². The third kappa shape index (κ3) is 11.5. The Morgan fingerprint density at radius 3 is 1.42 bits per heavy atom. The SMILES string of the molecule is O=C(C[C@@H]1CCCN(c2ccc(C(=O)NC3C4CC5CC3CC(OC(F)F)(C5)C4)c(SC3CCCC3)n2)C1)OC(=O)C[C@@H]1CCN(c2ccc(C(=O)NC3C4CC5CC3CC(OC(F)F)(C5)C4)c(SC3CCCC3)n2)C1. The molecule has 12 aliphatic rings. The molecule has 2 amide bonds. The minimum absolute atomic E-state index is 0.0321. The van der Waals surface area contributed by atoms with Gasteiger partial charge in [0.25, 0.3) is 11.8 Å². The van der Waals surface area contributed by atoms with Gasteiger partial charge in [0.05, 0.1) is 35.2 Å². The number of nitrogens with one attached hydrogen (secondary N) is 2. The summed E-state index contributed by atoms with van der Waals surface area (Å²) in [6, 6.07) is 7.38.